The van der Waals surface area contributed by atoms with E-state index in [9.17, 15) is 9.90 Å². The van der Waals surface area contributed by atoms with Gasteiger partial charge in [-0.05, 0) is 56.6 Å². The Morgan fingerprint density at radius 2 is 1.88 bits per heavy atom. The smallest absolute Gasteiger partial charge is 0.321 e. The second-order valence-electron chi connectivity index (χ2n) is 7.11. The van der Waals surface area contributed by atoms with E-state index in [0.717, 1.165) is 50.1 Å². The molecule has 1 saturated carbocycles. The normalized spacial score (nSPS) is 24.0. The van der Waals surface area contributed by atoms with Gasteiger partial charge in [0, 0.05) is 32.8 Å². The Morgan fingerprint density at radius 3 is 2.54 bits per heavy atom. The van der Waals surface area contributed by atoms with Gasteiger partial charge in [0.2, 0.25) is 0 Å². The van der Waals surface area contributed by atoms with Gasteiger partial charge in [0.25, 0.3) is 0 Å². The minimum atomic E-state index is -0.0332. The largest absolute Gasteiger partial charge is 0.396 e. The molecule has 1 aromatic rings. The number of nitrogens with one attached hydrogen (secondary N) is 1. The number of carbonyl (C=O) groups is 1. The molecule has 0 radical (unpaired) electrons. The molecule has 132 valence electrons. The third-order valence-electron chi connectivity index (χ3n) is 5.53. The fraction of sp³-hybridized carbons (Fsp3) is 0.632. The van der Waals surface area contributed by atoms with Gasteiger partial charge in [0.05, 0.1) is 11.4 Å². The van der Waals surface area contributed by atoms with Crippen LogP contribution in [0.5, 0.6) is 0 Å². The molecule has 3 rings (SSSR count). The van der Waals surface area contributed by atoms with Crippen molar-refractivity contribution in [3.8, 4) is 0 Å². The highest BCUT2D eigenvalue weighted by Gasteiger charge is 2.27. The quantitative estimate of drug-likeness (QED) is 0.890. The molecule has 0 unspecified atom stereocenters. The standard InChI is InChI=1S/C19H29N3O2/c1-21(16-10-8-15(14-23)9-11-16)19(24)20-17-6-2-3-7-18(17)22-12-4-5-13-22/h2-3,6-7,15-16,23H,4-5,8-14H2,1H3,(H,20,24). The summed E-state index contributed by atoms with van der Waals surface area (Å²) in [7, 11) is 1.89. The van der Waals surface area contributed by atoms with Gasteiger partial charge in [-0.25, -0.2) is 4.79 Å². The number of para-hydroxylation sites is 2. The van der Waals surface area contributed by atoms with Gasteiger partial charge in [0.15, 0.2) is 0 Å². The van der Waals surface area contributed by atoms with Crippen LogP contribution >= 0.6 is 0 Å². The number of hydrogen-bond donors (Lipinski definition) is 2. The first-order valence-electron chi connectivity index (χ1n) is 9.17. The van der Waals surface area contributed by atoms with Gasteiger partial charge in [0.1, 0.15) is 0 Å². The zero-order valence-corrected chi connectivity index (χ0v) is 14.6. The maximum atomic E-state index is 12.7. The van der Waals surface area contributed by atoms with Crippen molar-refractivity contribution in [1.82, 2.24) is 4.90 Å². The number of aliphatic hydroxyl groups is 1. The van der Waals surface area contributed by atoms with Crippen LogP contribution in [-0.4, -0.2) is 48.8 Å². The van der Waals surface area contributed by atoms with Crippen LogP contribution in [0.3, 0.4) is 0 Å². The lowest BCUT2D eigenvalue weighted by Gasteiger charge is -2.34. The molecule has 24 heavy (non-hydrogen) atoms. The molecule has 2 aliphatic rings. The Balaban J connectivity index is 1.62. The molecular weight excluding hydrogens is 302 g/mol. The summed E-state index contributed by atoms with van der Waals surface area (Å²) >= 11 is 0. The summed E-state index contributed by atoms with van der Waals surface area (Å²) in [5.41, 5.74) is 2.03. The van der Waals surface area contributed by atoms with E-state index in [1.165, 1.54) is 12.8 Å². The number of rotatable bonds is 4. The van der Waals surface area contributed by atoms with Gasteiger partial charge in [-0.1, -0.05) is 12.1 Å². The Kier molecular flexibility index (Phi) is 5.61. The van der Waals surface area contributed by atoms with E-state index < -0.39 is 0 Å². The molecule has 0 bridgehead atoms. The summed E-state index contributed by atoms with van der Waals surface area (Å²) in [6.45, 7) is 2.40. The number of carbonyl (C=O) groups excluding carboxylic acids is 1. The SMILES string of the molecule is CN(C(=O)Nc1ccccc1N1CCCC1)C1CCC(CO)CC1. The summed E-state index contributed by atoms with van der Waals surface area (Å²) in [5.74, 6) is 0.411. The van der Waals surface area contributed by atoms with Crippen molar-refractivity contribution in [2.24, 2.45) is 5.92 Å². The highest BCUT2D eigenvalue weighted by molar-refractivity contribution is 5.93. The second-order valence-corrected chi connectivity index (χ2v) is 7.11. The molecule has 0 aromatic heterocycles. The first-order chi connectivity index (χ1) is 11.7. The minimum Gasteiger partial charge on any atom is -0.396 e. The van der Waals surface area contributed by atoms with Crippen molar-refractivity contribution in [2.45, 2.75) is 44.6 Å². The minimum absolute atomic E-state index is 0.0332. The Labute approximate surface area is 144 Å². The summed E-state index contributed by atoms with van der Waals surface area (Å²) in [6, 6.07) is 8.32. The predicted molar refractivity (Wildman–Crippen MR) is 97.5 cm³/mol. The van der Waals surface area contributed by atoms with Gasteiger partial charge in [-0.3, -0.25) is 0 Å². The van der Waals surface area contributed by atoms with Crippen LogP contribution in [-0.2, 0) is 0 Å². The lowest BCUT2D eigenvalue weighted by molar-refractivity contribution is 0.139. The third-order valence-corrected chi connectivity index (χ3v) is 5.53. The van der Waals surface area contributed by atoms with Crippen molar-refractivity contribution in [3.05, 3.63) is 24.3 Å². The van der Waals surface area contributed by atoms with Crippen molar-refractivity contribution >= 4 is 17.4 Å². The van der Waals surface area contributed by atoms with Crippen LogP contribution in [0.2, 0.25) is 0 Å². The highest BCUT2D eigenvalue weighted by Crippen LogP contribution is 2.30. The van der Waals surface area contributed by atoms with Crippen molar-refractivity contribution in [2.75, 3.05) is 37.0 Å². The zero-order valence-electron chi connectivity index (χ0n) is 14.6. The van der Waals surface area contributed by atoms with Gasteiger partial charge >= 0.3 is 6.03 Å². The van der Waals surface area contributed by atoms with Gasteiger partial charge < -0.3 is 20.2 Å². The maximum Gasteiger partial charge on any atom is 0.321 e. The van der Waals surface area contributed by atoms with Gasteiger partial charge in [-0.15, -0.1) is 0 Å². The van der Waals surface area contributed by atoms with E-state index in [2.05, 4.69) is 16.3 Å². The summed E-state index contributed by atoms with van der Waals surface area (Å²) in [4.78, 5) is 16.9. The molecule has 0 atom stereocenters. The molecule has 5 nitrogen and oxygen atoms in total. The number of anilines is 2. The van der Waals surface area contributed by atoms with E-state index in [1.807, 2.05) is 30.1 Å². The molecule has 1 aromatic carbocycles. The molecule has 5 heteroatoms. The van der Waals surface area contributed by atoms with E-state index in [4.69, 9.17) is 0 Å². The number of benzene rings is 1. The maximum absolute atomic E-state index is 12.7. The van der Waals surface area contributed by atoms with Crippen LogP contribution in [0.1, 0.15) is 38.5 Å². The number of hydrogen-bond acceptors (Lipinski definition) is 3. The molecule has 1 saturated heterocycles. The molecule has 1 aliphatic heterocycles. The molecular formula is C19H29N3O2. The second kappa shape index (κ2) is 7.88. The van der Waals surface area contributed by atoms with Crippen molar-refractivity contribution in [1.29, 1.82) is 0 Å². The van der Waals surface area contributed by atoms with Crippen molar-refractivity contribution in [3.63, 3.8) is 0 Å². The van der Waals surface area contributed by atoms with Gasteiger partial charge in [-0.2, -0.15) is 0 Å². The molecule has 2 N–H and O–H groups in total. The number of urea groups is 1. The first-order valence-corrected chi connectivity index (χ1v) is 9.17. The van der Waals surface area contributed by atoms with Crippen LogP contribution in [0.15, 0.2) is 24.3 Å². The molecule has 2 fully saturated rings. The Hall–Kier alpha value is -1.75. The van der Waals surface area contributed by atoms with Crippen LogP contribution in [0, 0.1) is 5.92 Å². The fourth-order valence-corrected chi connectivity index (χ4v) is 3.90. The summed E-state index contributed by atoms with van der Waals surface area (Å²) in [6.07, 6.45) is 6.39. The lowest BCUT2D eigenvalue weighted by atomic mass is 9.86. The summed E-state index contributed by atoms with van der Waals surface area (Å²) in [5, 5.41) is 12.4. The zero-order chi connectivity index (χ0) is 16.9. The molecule has 2 amide bonds. The van der Waals surface area contributed by atoms with Crippen LogP contribution in [0.25, 0.3) is 0 Å². The first kappa shape index (κ1) is 17.1. The summed E-state index contributed by atoms with van der Waals surface area (Å²) < 4.78 is 0. The molecule has 1 aliphatic carbocycles. The predicted octanol–water partition coefficient (Wildman–Crippen LogP) is 3.30. The van der Waals surface area contributed by atoms with Crippen LogP contribution in [0.4, 0.5) is 16.2 Å². The van der Waals surface area contributed by atoms with Crippen LogP contribution < -0.4 is 10.2 Å². The topological polar surface area (TPSA) is 55.8 Å². The third kappa shape index (κ3) is 3.83. The lowest BCUT2D eigenvalue weighted by Crippen LogP contribution is -2.42. The van der Waals surface area contributed by atoms with E-state index >= 15 is 0 Å². The Morgan fingerprint density at radius 1 is 1.21 bits per heavy atom. The number of aliphatic hydroxyl groups excluding tert-OH is 1. The fourth-order valence-electron chi connectivity index (χ4n) is 3.90. The molecule has 1 heterocycles. The average molecular weight is 331 g/mol. The van der Waals surface area contributed by atoms with E-state index in [1.54, 1.807) is 0 Å². The van der Waals surface area contributed by atoms with E-state index in [0.29, 0.717) is 5.92 Å². The number of nitrogens with zero attached hydrogens (tertiary/aromatic N) is 2. The highest BCUT2D eigenvalue weighted by atomic mass is 16.3. The molecule has 0 spiro atoms. The van der Waals surface area contributed by atoms with Crippen molar-refractivity contribution < 1.29 is 9.90 Å². The average Bonchev–Trinajstić information content (AvgIpc) is 3.16. The Bertz CT molecular complexity index is 549. The van der Waals surface area contributed by atoms with E-state index in [-0.39, 0.29) is 18.7 Å². The number of amides is 2. The monoisotopic (exact) mass is 331 g/mol.